The first-order valence-electron chi connectivity index (χ1n) is 8.99. The fourth-order valence-corrected chi connectivity index (χ4v) is 2.99. The van der Waals surface area contributed by atoms with Crippen molar-refractivity contribution in [1.82, 2.24) is 9.88 Å². The van der Waals surface area contributed by atoms with Crippen molar-refractivity contribution >= 4 is 11.9 Å². The summed E-state index contributed by atoms with van der Waals surface area (Å²) in [6.07, 6.45) is 2.59. The third-order valence-corrected chi connectivity index (χ3v) is 4.63. The molecule has 1 saturated carbocycles. The van der Waals surface area contributed by atoms with Gasteiger partial charge >= 0.3 is 5.97 Å². The second kappa shape index (κ2) is 7.72. The predicted molar refractivity (Wildman–Crippen MR) is 96.5 cm³/mol. The average Bonchev–Trinajstić information content (AvgIpc) is 3.40. The van der Waals surface area contributed by atoms with Gasteiger partial charge in [0.1, 0.15) is 0 Å². The first-order valence-corrected chi connectivity index (χ1v) is 8.99. The molecule has 6 nitrogen and oxygen atoms in total. The Balaban J connectivity index is 1.63. The number of aryl methyl sites for hydroxylation is 2. The van der Waals surface area contributed by atoms with Crippen LogP contribution in [0.1, 0.15) is 37.8 Å². The molecule has 2 aromatic rings. The van der Waals surface area contributed by atoms with Crippen LogP contribution in [-0.4, -0.2) is 39.5 Å². The van der Waals surface area contributed by atoms with E-state index in [-0.39, 0.29) is 24.9 Å². The summed E-state index contributed by atoms with van der Waals surface area (Å²) in [6, 6.07) is 9.94. The predicted octanol–water partition coefficient (Wildman–Crippen LogP) is 3.29. The number of benzene rings is 1. The zero-order valence-electron chi connectivity index (χ0n) is 15.1. The molecule has 1 amide bonds. The van der Waals surface area contributed by atoms with E-state index in [1.54, 1.807) is 11.8 Å². The summed E-state index contributed by atoms with van der Waals surface area (Å²) in [7, 11) is 0. The first kappa shape index (κ1) is 18.2. The number of hydrogen-bond donors (Lipinski definition) is 1. The topological polar surface area (TPSA) is 83.6 Å². The lowest BCUT2D eigenvalue weighted by Gasteiger charge is -2.24. The molecule has 1 aromatic heterocycles. The molecular weight excluding hydrogens is 332 g/mol. The van der Waals surface area contributed by atoms with Gasteiger partial charge in [-0.1, -0.05) is 37.3 Å². The van der Waals surface area contributed by atoms with Gasteiger partial charge in [0.25, 0.3) is 0 Å². The smallest absolute Gasteiger partial charge is 0.308 e. The number of carbonyl (C=O) groups excluding carboxylic acids is 1. The van der Waals surface area contributed by atoms with E-state index in [1.807, 2.05) is 37.3 Å². The van der Waals surface area contributed by atoms with Crippen LogP contribution >= 0.6 is 0 Å². The summed E-state index contributed by atoms with van der Waals surface area (Å²) >= 11 is 0. The molecule has 1 atom stereocenters. The number of amides is 1. The normalized spacial score (nSPS) is 14.8. The Hall–Kier alpha value is -2.63. The Morgan fingerprint density at radius 1 is 1.31 bits per heavy atom. The lowest BCUT2D eigenvalue weighted by atomic mass is 10.1. The van der Waals surface area contributed by atoms with Crippen LogP contribution in [0.5, 0.6) is 0 Å². The first-order chi connectivity index (χ1) is 12.5. The Morgan fingerprint density at radius 2 is 2.00 bits per heavy atom. The van der Waals surface area contributed by atoms with Crippen molar-refractivity contribution in [3.8, 4) is 11.3 Å². The second-order valence-electron chi connectivity index (χ2n) is 6.90. The van der Waals surface area contributed by atoms with Crippen molar-refractivity contribution in [3.05, 3.63) is 41.9 Å². The van der Waals surface area contributed by atoms with E-state index in [0.29, 0.717) is 12.3 Å². The zero-order chi connectivity index (χ0) is 18.7. The number of carboxylic acid groups (broad SMARTS) is 1. The number of hydrogen-bond acceptors (Lipinski definition) is 4. The fourth-order valence-electron chi connectivity index (χ4n) is 2.99. The van der Waals surface area contributed by atoms with Gasteiger partial charge in [0.15, 0.2) is 11.7 Å². The zero-order valence-corrected chi connectivity index (χ0v) is 15.1. The average molecular weight is 356 g/mol. The number of carboxylic acids is 1. The molecule has 1 unspecified atom stereocenters. The molecule has 1 aliphatic carbocycles. The molecule has 0 bridgehead atoms. The number of oxazole rings is 1. The minimum absolute atomic E-state index is 0.0299. The van der Waals surface area contributed by atoms with Gasteiger partial charge in [-0.2, -0.15) is 0 Å². The van der Waals surface area contributed by atoms with Gasteiger partial charge in [0.05, 0.1) is 11.6 Å². The van der Waals surface area contributed by atoms with Crippen LogP contribution in [0.2, 0.25) is 0 Å². The number of aromatic nitrogens is 1. The monoisotopic (exact) mass is 356 g/mol. The second-order valence-corrected chi connectivity index (χ2v) is 6.90. The van der Waals surface area contributed by atoms with Gasteiger partial charge in [-0.25, -0.2) is 4.98 Å². The molecular formula is C20H24N2O4. The number of rotatable bonds is 8. The van der Waals surface area contributed by atoms with E-state index in [2.05, 4.69) is 4.98 Å². The van der Waals surface area contributed by atoms with Crippen molar-refractivity contribution in [2.75, 3.05) is 6.54 Å². The van der Waals surface area contributed by atoms with Crippen LogP contribution in [-0.2, 0) is 16.0 Å². The summed E-state index contributed by atoms with van der Waals surface area (Å²) in [6.45, 7) is 3.79. The van der Waals surface area contributed by atoms with Crippen molar-refractivity contribution in [2.45, 2.75) is 45.6 Å². The van der Waals surface area contributed by atoms with Crippen molar-refractivity contribution in [1.29, 1.82) is 0 Å². The number of carbonyl (C=O) groups is 2. The summed E-state index contributed by atoms with van der Waals surface area (Å²) in [5, 5.41) is 9.10. The molecule has 1 fully saturated rings. The van der Waals surface area contributed by atoms with E-state index < -0.39 is 11.9 Å². The van der Waals surface area contributed by atoms with Crippen LogP contribution in [0, 0.1) is 12.8 Å². The van der Waals surface area contributed by atoms with E-state index in [0.717, 1.165) is 29.9 Å². The number of aliphatic carboxylic acids is 1. The quantitative estimate of drug-likeness (QED) is 0.784. The molecule has 1 aromatic carbocycles. The van der Waals surface area contributed by atoms with E-state index >= 15 is 0 Å². The SMILES string of the molecule is Cc1nc(CCC(=O)N(CC(C)C(=O)O)C2CC2)oc1-c1ccccc1. The maximum Gasteiger partial charge on any atom is 0.308 e. The van der Waals surface area contributed by atoms with Gasteiger partial charge in [0, 0.05) is 31.0 Å². The maximum absolute atomic E-state index is 12.6. The van der Waals surface area contributed by atoms with Crippen LogP contribution in [0.4, 0.5) is 0 Å². The van der Waals surface area contributed by atoms with Gasteiger partial charge < -0.3 is 14.4 Å². The summed E-state index contributed by atoms with van der Waals surface area (Å²) < 4.78 is 5.85. The Morgan fingerprint density at radius 3 is 2.62 bits per heavy atom. The summed E-state index contributed by atoms with van der Waals surface area (Å²) in [5.74, 6) is -0.200. The van der Waals surface area contributed by atoms with Crippen molar-refractivity contribution < 1.29 is 19.1 Å². The highest BCUT2D eigenvalue weighted by Crippen LogP contribution is 2.29. The Bertz CT molecular complexity index is 780. The van der Waals surface area contributed by atoms with Gasteiger partial charge in [-0.15, -0.1) is 0 Å². The summed E-state index contributed by atoms with van der Waals surface area (Å²) in [5.41, 5.74) is 1.77. The van der Waals surface area contributed by atoms with Crippen LogP contribution in [0.3, 0.4) is 0 Å². The van der Waals surface area contributed by atoms with Crippen molar-refractivity contribution in [2.24, 2.45) is 5.92 Å². The molecule has 0 saturated heterocycles. The molecule has 1 N–H and O–H groups in total. The molecule has 0 radical (unpaired) electrons. The molecule has 0 aliphatic heterocycles. The highest BCUT2D eigenvalue weighted by molar-refractivity contribution is 5.78. The van der Waals surface area contributed by atoms with E-state index in [1.165, 1.54) is 0 Å². The highest BCUT2D eigenvalue weighted by atomic mass is 16.4. The molecule has 6 heteroatoms. The number of nitrogens with zero attached hydrogens (tertiary/aromatic N) is 2. The largest absolute Gasteiger partial charge is 0.481 e. The Labute approximate surface area is 152 Å². The minimum Gasteiger partial charge on any atom is -0.481 e. The molecule has 138 valence electrons. The maximum atomic E-state index is 12.6. The summed E-state index contributed by atoms with van der Waals surface area (Å²) in [4.78, 5) is 29.8. The standard InChI is InChI=1S/C20H24N2O4/c1-13(20(24)25)12-22(16-8-9-16)18(23)11-10-17-21-14(2)19(26-17)15-6-4-3-5-7-15/h3-7,13,16H,8-12H2,1-2H3,(H,24,25). The lowest BCUT2D eigenvalue weighted by molar-refractivity contribution is -0.143. The lowest BCUT2D eigenvalue weighted by Crippen LogP contribution is -2.38. The molecule has 0 spiro atoms. The molecule has 1 heterocycles. The molecule has 1 aliphatic rings. The van der Waals surface area contributed by atoms with E-state index in [4.69, 9.17) is 9.52 Å². The third kappa shape index (κ3) is 4.31. The van der Waals surface area contributed by atoms with Crippen LogP contribution in [0.15, 0.2) is 34.7 Å². The Kier molecular flexibility index (Phi) is 5.40. The van der Waals surface area contributed by atoms with Gasteiger partial charge in [0.2, 0.25) is 5.91 Å². The molecule has 3 rings (SSSR count). The van der Waals surface area contributed by atoms with Crippen LogP contribution < -0.4 is 0 Å². The van der Waals surface area contributed by atoms with Crippen LogP contribution in [0.25, 0.3) is 11.3 Å². The fraction of sp³-hybridized carbons (Fsp3) is 0.450. The van der Waals surface area contributed by atoms with Gasteiger partial charge in [-0.3, -0.25) is 9.59 Å². The van der Waals surface area contributed by atoms with E-state index in [9.17, 15) is 9.59 Å². The highest BCUT2D eigenvalue weighted by Gasteiger charge is 2.34. The molecule has 26 heavy (non-hydrogen) atoms. The third-order valence-electron chi connectivity index (χ3n) is 4.63. The van der Waals surface area contributed by atoms with Crippen molar-refractivity contribution in [3.63, 3.8) is 0 Å². The van der Waals surface area contributed by atoms with Gasteiger partial charge in [-0.05, 0) is 19.8 Å². The minimum atomic E-state index is -0.876.